The first-order valence-electron chi connectivity index (χ1n) is 10.1. The van der Waals surface area contributed by atoms with E-state index in [1.54, 1.807) is 15.9 Å². The van der Waals surface area contributed by atoms with Gasteiger partial charge in [-0.25, -0.2) is 9.78 Å². The molecule has 0 amide bonds. The Balaban J connectivity index is 1.74. The Morgan fingerprint density at radius 2 is 1.90 bits per heavy atom. The number of aromatic nitrogens is 3. The summed E-state index contributed by atoms with van der Waals surface area (Å²) < 4.78 is 3.91. The molecule has 0 aliphatic carbocycles. The first-order chi connectivity index (χ1) is 14.6. The molecule has 1 aliphatic heterocycles. The van der Waals surface area contributed by atoms with Gasteiger partial charge >= 0.3 is 5.69 Å². The van der Waals surface area contributed by atoms with Crippen molar-refractivity contribution in [2.45, 2.75) is 32.4 Å². The summed E-state index contributed by atoms with van der Waals surface area (Å²) in [5.41, 5.74) is 1.39. The van der Waals surface area contributed by atoms with Crippen molar-refractivity contribution in [3.05, 3.63) is 73.3 Å². The highest BCUT2D eigenvalue weighted by molar-refractivity contribution is 7.22. The minimum Gasteiger partial charge on any atom is -0.317 e. The van der Waals surface area contributed by atoms with Crippen LogP contribution >= 0.6 is 22.7 Å². The number of thiazole rings is 1. The van der Waals surface area contributed by atoms with Gasteiger partial charge < -0.3 is 5.32 Å². The Morgan fingerprint density at radius 3 is 2.60 bits per heavy atom. The number of benzene rings is 1. The second-order valence-corrected chi connectivity index (χ2v) is 9.93. The van der Waals surface area contributed by atoms with Crippen LogP contribution in [-0.2, 0) is 6.54 Å². The van der Waals surface area contributed by atoms with Crippen molar-refractivity contribution in [2.75, 3.05) is 13.1 Å². The van der Waals surface area contributed by atoms with Gasteiger partial charge in [-0.3, -0.25) is 13.9 Å². The average molecular weight is 439 g/mol. The summed E-state index contributed by atoms with van der Waals surface area (Å²) in [6.45, 7) is 4.03. The number of piperidine rings is 1. The molecular formula is C22H22N4O2S2. The van der Waals surface area contributed by atoms with Crippen molar-refractivity contribution in [1.29, 1.82) is 0 Å². The van der Waals surface area contributed by atoms with Crippen molar-refractivity contribution >= 4 is 32.9 Å². The van der Waals surface area contributed by atoms with Crippen molar-refractivity contribution in [3.63, 3.8) is 0 Å². The lowest BCUT2D eigenvalue weighted by Crippen LogP contribution is -2.44. The second-order valence-electron chi connectivity index (χ2n) is 7.56. The Morgan fingerprint density at radius 1 is 1.13 bits per heavy atom. The zero-order chi connectivity index (χ0) is 20.7. The van der Waals surface area contributed by atoms with Gasteiger partial charge in [0.05, 0.1) is 17.1 Å². The Hall–Kier alpha value is -2.55. The van der Waals surface area contributed by atoms with Crippen LogP contribution in [0, 0.1) is 6.92 Å². The first-order valence-corrected chi connectivity index (χ1v) is 11.7. The molecule has 1 aromatic carbocycles. The summed E-state index contributed by atoms with van der Waals surface area (Å²) in [5, 5.41) is 4.28. The number of hydrogen-bond donors (Lipinski definition) is 1. The van der Waals surface area contributed by atoms with E-state index in [2.05, 4.69) is 10.3 Å². The third-order valence-electron chi connectivity index (χ3n) is 5.57. The fraction of sp³-hybridized carbons (Fsp3) is 0.318. The van der Waals surface area contributed by atoms with Crippen LogP contribution in [0.5, 0.6) is 0 Å². The fourth-order valence-corrected chi connectivity index (χ4v) is 5.97. The van der Waals surface area contributed by atoms with E-state index in [-0.39, 0.29) is 17.3 Å². The lowest BCUT2D eigenvalue weighted by molar-refractivity contribution is 0.347. The number of thiophene rings is 1. The normalized spacial score (nSPS) is 15.1. The molecule has 1 N–H and O–H groups in total. The van der Waals surface area contributed by atoms with Crippen LogP contribution in [0.2, 0.25) is 0 Å². The molecule has 1 aliphatic rings. The van der Waals surface area contributed by atoms with E-state index < -0.39 is 0 Å². The number of fused-ring (bicyclic) bond motifs is 1. The Bertz CT molecular complexity index is 1310. The molecule has 0 unspecified atom stereocenters. The van der Waals surface area contributed by atoms with Crippen molar-refractivity contribution in [3.8, 4) is 10.4 Å². The van der Waals surface area contributed by atoms with Gasteiger partial charge in [-0.2, -0.15) is 0 Å². The second kappa shape index (κ2) is 7.94. The lowest BCUT2D eigenvalue weighted by atomic mass is 10.1. The molecule has 0 spiro atoms. The fourth-order valence-electron chi connectivity index (χ4n) is 4.08. The van der Waals surface area contributed by atoms with Gasteiger partial charge in [0.15, 0.2) is 0 Å². The monoisotopic (exact) mass is 438 g/mol. The highest BCUT2D eigenvalue weighted by Crippen LogP contribution is 2.32. The summed E-state index contributed by atoms with van der Waals surface area (Å²) in [4.78, 5) is 33.3. The summed E-state index contributed by atoms with van der Waals surface area (Å²) in [7, 11) is 0. The smallest absolute Gasteiger partial charge is 0.317 e. The minimum atomic E-state index is -0.220. The number of hydrogen-bond acceptors (Lipinski definition) is 6. The van der Waals surface area contributed by atoms with Gasteiger partial charge in [0.1, 0.15) is 4.70 Å². The minimum absolute atomic E-state index is 0.0626. The SMILES string of the molecule is Cc1ncc(Cn2c(=O)n(C3CCNCC3)c(=O)c3sc(-c4ccccc4)cc32)s1. The number of rotatable bonds is 4. The number of aryl methyl sites for hydroxylation is 1. The molecule has 30 heavy (non-hydrogen) atoms. The molecule has 5 rings (SSSR count). The predicted molar refractivity (Wildman–Crippen MR) is 123 cm³/mol. The molecule has 3 aromatic heterocycles. The molecule has 6 nitrogen and oxygen atoms in total. The van der Waals surface area contributed by atoms with Crippen molar-refractivity contribution in [1.82, 2.24) is 19.4 Å². The van der Waals surface area contributed by atoms with Crippen LogP contribution in [0.15, 0.2) is 52.2 Å². The van der Waals surface area contributed by atoms with Crippen molar-refractivity contribution < 1.29 is 0 Å². The van der Waals surface area contributed by atoms with Crippen LogP contribution in [-0.4, -0.2) is 27.2 Å². The van der Waals surface area contributed by atoms with Crippen LogP contribution in [0.1, 0.15) is 28.8 Å². The zero-order valence-corrected chi connectivity index (χ0v) is 18.3. The predicted octanol–water partition coefficient (Wildman–Crippen LogP) is 3.63. The molecule has 0 radical (unpaired) electrons. The summed E-state index contributed by atoms with van der Waals surface area (Å²) in [6.07, 6.45) is 3.40. The van der Waals surface area contributed by atoms with E-state index in [4.69, 9.17) is 0 Å². The molecule has 1 fully saturated rings. The van der Waals surface area contributed by atoms with Gasteiger partial charge in [-0.1, -0.05) is 30.3 Å². The standard InChI is InChI=1S/C22H22N4O2S2/c1-14-24-12-17(29-14)13-25-18-11-19(15-5-3-2-4-6-15)30-20(18)21(27)26(22(25)28)16-7-9-23-10-8-16/h2-6,11-12,16,23H,7-10,13H2,1H3. The maximum atomic E-state index is 13.6. The van der Waals surface area contributed by atoms with Gasteiger partial charge in [-0.05, 0) is 44.5 Å². The highest BCUT2D eigenvalue weighted by Gasteiger charge is 2.24. The molecule has 0 atom stereocenters. The molecule has 1 saturated heterocycles. The molecule has 0 saturated carbocycles. The van der Waals surface area contributed by atoms with Gasteiger partial charge in [0.2, 0.25) is 0 Å². The zero-order valence-electron chi connectivity index (χ0n) is 16.6. The molecular weight excluding hydrogens is 416 g/mol. The molecule has 4 aromatic rings. The number of nitrogens with one attached hydrogen (secondary N) is 1. The number of nitrogens with zero attached hydrogens (tertiary/aromatic N) is 3. The van der Waals surface area contributed by atoms with Crippen LogP contribution in [0.3, 0.4) is 0 Å². The molecule has 4 heterocycles. The first kappa shape index (κ1) is 19.4. The summed E-state index contributed by atoms with van der Waals surface area (Å²) in [6, 6.07) is 11.9. The van der Waals surface area contributed by atoms with E-state index >= 15 is 0 Å². The third kappa shape index (κ3) is 3.45. The van der Waals surface area contributed by atoms with Crippen LogP contribution < -0.4 is 16.6 Å². The lowest BCUT2D eigenvalue weighted by Gasteiger charge is -2.24. The third-order valence-corrected chi connectivity index (χ3v) is 7.63. The molecule has 154 valence electrons. The van der Waals surface area contributed by atoms with Crippen LogP contribution in [0.25, 0.3) is 20.7 Å². The maximum Gasteiger partial charge on any atom is 0.332 e. The van der Waals surface area contributed by atoms with E-state index in [0.717, 1.165) is 46.3 Å². The Kier molecular flexibility index (Phi) is 5.14. The maximum absolute atomic E-state index is 13.6. The van der Waals surface area contributed by atoms with Crippen molar-refractivity contribution in [2.24, 2.45) is 0 Å². The van der Waals surface area contributed by atoms with Gasteiger partial charge in [0, 0.05) is 22.0 Å². The molecule has 8 heteroatoms. The van der Waals surface area contributed by atoms with Gasteiger partial charge in [0.25, 0.3) is 5.56 Å². The summed E-state index contributed by atoms with van der Waals surface area (Å²) in [5.74, 6) is 0. The summed E-state index contributed by atoms with van der Waals surface area (Å²) >= 11 is 3.06. The quantitative estimate of drug-likeness (QED) is 0.528. The highest BCUT2D eigenvalue weighted by atomic mass is 32.1. The van der Waals surface area contributed by atoms with Gasteiger partial charge in [-0.15, -0.1) is 22.7 Å². The van der Waals surface area contributed by atoms with E-state index in [1.807, 2.05) is 49.5 Å². The molecule has 0 bridgehead atoms. The van der Waals surface area contributed by atoms with E-state index in [9.17, 15) is 9.59 Å². The topological polar surface area (TPSA) is 68.9 Å². The Labute approximate surface area is 181 Å². The largest absolute Gasteiger partial charge is 0.332 e. The van der Waals surface area contributed by atoms with Crippen LogP contribution in [0.4, 0.5) is 0 Å². The van der Waals surface area contributed by atoms with E-state index in [1.165, 1.54) is 15.9 Å². The van der Waals surface area contributed by atoms with E-state index in [0.29, 0.717) is 16.8 Å². The average Bonchev–Trinajstić information content (AvgIpc) is 3.39.